The third kappa shape index (κ3) is 3.92. The Hall–Kier alpha value is -1.67. The van der Waals surface area contributed by atoms with Gasteiger partial charge >= 0.3 is 0 Å². The molecule has 0 fully saturated rings. The smallest absolute Gasteiger partial charge is 0.271 e. The van der Waals surface area contributed by atoms with E-state index in [1.807, 2.05) is 0 Å². The normalized spacial score (nSPS) is 14.2. The van der Waals surface area contributed by atoms with Gasteiger partial charge in [-0.15, -0.1) is 0 Å². The largest absolute Gasteiger partial charge is 0.371 e. The van der Waals surface area contributed by atoms with Crippen LogP contribution in [0.1, 0.15) is 18.9 Å². The molecule has 1 aliphatic rings. The van der Waals surface area contributed by atoms with E-state index in [0.29, 0.717) is 19.5 Å². The van der Waals surface area contributed by atoms with Crippen LogP contribution < -0.4 is 9.62 Å². The van der Waals surface area contributed by atoms with Crippen LogP contribution in [0.4, 0.5) is 11.4 Å². The second-order valence-electron chi connectivity index (χ2n) is 4.96. The fraction of sp³-hybridized carbons (Fsp3) is 0.538. The number of nitro benzene ring substituents is 1. The lowest BCUT2D eigenvalue weighted by Crippen LogP contribution is -2.30. The molecular weight excluding hydrogens is 294 g/mol. The molecule has 7 nitrogen and oxygen atoms in total. The van der Waals surface area contributed by atoms with Crippen LogP contribution >= 0.6 is 0 Å². The van der Waals surface area contributed by atoms with E-state index >= 15 is 0 Å². The zero-order valence-electron chi connectivity index (χ0n) is 11.9. The summed E-state index contributed by atoms with van der Waals surface area (Å²) in [5.74, 6) is 0.0751. The summed E-state index contributed by atoms with van der Waals surface area (Å²) in [6.07, 6.45) is 1.54. The van der Waals surface area contributed by atoms with Crippen molar-refractivity contribution in [2.24, 2.45) is 0 Å². The molecule has 1 aromatic rings. The first kappa shape index (κ1) is 15.7. The summed E-state index contributed by atoms with van der Waals surface area (Å²) in [5.41, 5.74) is 2.09. The third-order valence-corrected chi connectivity index (χ3v) is 4.98. The van der Waals surface area contributed by atoms with Gasteiger partial charge in [0.1, 0.15) is 0 Å². The molecule has 0 bridgehead atoms. The summed E-state index contributed by atoms with van der Waals surface area (Å²) in [4.78, 5) is 12.5. The Morgan fingerprint density at radius 1 is 1.43 bits per heavy atom. The van der Waals surface area contributed by atoms with Crippen LogP contribution in [0, 0.1) is 10.1 Å². The molecule has 2 rings (SSSR count). The number of nitrogens with one attached hydrogen (secondary N) is 1. The van der Waals surface area contributed by atoms with Gasteiger partial charge in [0.2, 0.25) is 10.0 Å². The Labute approximate surface area is 124 Å². The lowest BCUT2D eigenvalue weighted by Gasteiger charge is -2.19. The lowest BCUT2D eigenvalue weighted by molar-refractivity contribution is -0.384. The van der Waals surface area contributed by atoms with Crippen LogP contribution in [-0.2, 0) is 16.4 Å². The van der Waals surface area contributed by atoms with Gasteiger partial charge in [0.05, 0.1) is 10.7 Å². The number of sulfonamides is 1. The summed E-state index contributed by atoms with van der Waals surface area (Å²) < 4.78 is 25.2. The summed E-state index contributed by atoms with van der Waals surface area (Å²) in [6.45, 7) is 3.48. The van der Waals surface area contributed by atoms with Crippen LogP contribution in [0.5, 0.6) is 0 Å². The predicted molar refractivity (Wildman–Crippen MR) is 81.1 cm³/mol. The number of hydrogen-bond acceptors (Lipinski definition) is 5. The number of nitro groups is 1. The standard InChI is InChI=1S/C13H19N3O4S/c1-2-21(19,20)14-7-3-8-15-9-6-11-4-5-12(16(17)18)10-13(11)15/h4-5,10,14H,2-3,6-9H2,1H3. The van der Waals surface area contributed by atoms with Crippen molar-refractivity contribution in [3.63, 3.8) is 0 Å². The molecule has 1 N–H and O–H groups in total. The number of benzene rings is 1. The molecule has 0 aromatic heterocycles. The Morgan fingerprint density at radius 2 is 2.19 bits per heavy atom. The average molecular weight is 313 g/mol. The maximum absolute atomic E-state index is 11.3. The quantitative estimate of drug-likeness (QED) is 0.465. The van der Waals surface area contributed by atoms with Gasteiger partial charge in [0.15, 0.2) is 0 Å². The van der Waals surface area contributed by atoms with Gasteiger partial charge in [-0.2, -0.15) is 0 Å². The first-order valence-corrected chi connectivity index (χ1v) is 8.58. The van der Waals surface area contributed by atoms with E-state index in [9.17, 15) is 18.5 Å². The van der Waals surface area contributed by atoms with E-state index in [1.165, 1.54) is 6.07 Å². The molecule has 1 heterocycles. The van der Waals surface area contributed by atoms with E-state index in [4.69, 9.17) is 0 Å². The van der Waals surface area contributed by atoms with Gasteiger partial charge < -0.3 is 4.90 Å². The average Bonchev–Trinajstić information content (AvgIpc) is 2.86. The highest BCUT2D eigenvalue weighted by Gasteiger charge is 2.21. The molecule has 1 aliphatic heterocycles. The molecule has 0 atom stereocenters. The molecule has 21 heavy (non-hydrogen) atoms. The van der Waals surface area contributed by atoms with Crippen LogP contribution in [0.3, 0.4) is 0 Å². The van der Waals surface area contributed by atoms with E-state index in [0.717, 1.165) is 24.2 Å². The second-order valence-corrected chi connectivity index (χ2v) is 7.05. The maximum Gasteiger partial charge on any atom is 0.271 e. The van der Waals surface area contributed by atoms with E-state index in [-0.39, 0.29) is 11.4 Å². The summed E-state index contributed by atoms with van der Waals surface area (Å²) in [5, 5.41) is 10.8. The first-order valence-electron chi connectivity index (χ1n) is 6.92. The molecule has 8 heteroatoms. The molecule has 0 aliphatic carbocycles. The minimum atomic E-state index is -3.15. The highest BCUT2D eigenvalue weighted by atomic mass is 32.2. The number of fused-ring (bicyclic) bond motifs is 1. The predicted octanol–water partition coefficient (Wildman–Crippen LogP) is 1.29. The molecular formula is C13H19N3O4S. The summed E-state index contributed by atoms with van der Waals surface area (Å²) in [6, 6.07) is 4.92. The molecule has 0 saturated carbocycles. The van der Waals surface area contributed by atoms with Crippen molar-refractivity contribution in [2.75, 3.05) is 30.3 Å². The van der Waals surface area contributed by atoms with Crippen molar-refractivity contribution < 1.29 is 13.3 Å². The van der Waals surface area contributed by atoms with Gasteiger partial charge in [0, 0.05) is 37.5 Å². The van der Waals surface area contributed by atoms with Gasteiger partial charge in [0.25, 0.3) is 5.69 Å². The number of hydrogen-bond donors (Lipinski definition) is 1. The fourth-order valence-electron chi connectivity index (χ4n) is 2.38. The van der Waals surface area contributed by atoms with Gasteiger partial charge in [-0.05, 0) is 25.3 Å². The van der Waals surface area contributed by atoms with Crippen LogP contribution in [0.2, 0.25) is 0 Å². The van der Waals surface area contributed by atoms with Crippen molar-refractivity contribution in [3.05, 3.63) is 33.9 Å². The Kier molecular flexibility index (Phi) is 4.79. The van der Waals surface area contributed by atoms with Crippen molar-refractivity contribution in [2.45, 2.75) is 19.8 Å². The van der Waals surface area contributed by atoms with Crippen LogP contribution in [-0.4, -0.2) is 38.7 Å². The Balaban J connectivity index is 1.93. The number of non-ortho nitro benzene ring substituents is 1. The Bertz CT molecular complexity index is 630. The van der Waals surface area contributed by atoms with Crippen LogP contribution in [0.25, 0.3) is 0 Å². The molecule has 0 saturated heterocycles. The van der Waals surface area contributed by atoms with Gasteiger partial charge in [-0.3, -0.25) is 10.1 Å². The van der Waals surface area contributed by atoms with Gasteiger partial charge in [-0.1, -0.05) is 6.07 Å². The number of nitrogens with zero attached hydrogens (tertiary/aromatic N) is 2. The minimum absolute atomic E-state index is 0.0751. The molecule has 116 valence electrons. The maximum atomic E-state index is 11.3. The topological polar surface area (TPSA) is 92.6 Å². The van der Waals surface area contributed by atoms with Crippen molar-refractivity contribution in [3.8, 4) is 0 Å². The van der Waals surface area contributed by atoms with Crippen molar-refractivity contribution in [1.82, 2.24) is 4.72 Å². The second kappa shape index (κ2) is 6.40. The Morgan fingerprint density at radius 3 is 2.86 bits per heavy atom. The molecule has 1 aromatic carbocycles. The van der Waals surface area contributed by atoms with Crippen molar-refractivity contribution >= 4 is 21.4 Å². The first-order chi connectivity index (χ1) is 9.93. The van der Waals surface area contributed by atoms with E-state index in [1.54, 1.807) is 19.1 Å². The molecule has 0 amide bonds. The fourth-order valence-corrected chi connectivity index (χ4v) is 3.04. The lowest BCUT2D eigenvalue weighted by atomic mass is 10.1. The van der Waals surface area contributed by atoms with E-state index < -0.39 is 14.9 Å². The monoisotopic (exact) mass is 313 g/mol. The highest BCUT2D eigenvalue weighted by Crippen LogP contribution is 2.31. The summed E-state index contributed by atoms with van der Waals surface area (Å²) >= 11 is 0. The third-order valence-electron chi connectivity index (χ3n) is 3.58. The minimum Gasteiger partial charge on any atom is -0.371 e. The SMILES string of the molecule is CCS(=O)(=O)NCCCN1CCc2ccc([N+](=O)[O-])cc21. The summed E-state index contributed by atoms with van der Waals surface area (Å²) in [7, 11) is -3.15. The number of rotatable bonds is 7. The van der Waals surface area contributed by atoms with E-state index in [2.05, 4.69) is 9.62 Å². The zero-order chi connectivity index (χ0) is 15.5. The highest BCUT2D eigenvalue weighted by molar-refractivity contribution is 7.89. The van der Waals surface area contributed by atoms with Crippen LogP contribution in [0.15, 0.2) is 18.2 Å². The zero-order valence-corrected chi connectivity index (χ0v) is 12.7. The van der Waals surface area contributed by atoms with Gasteiger partial charge in [-0.25, -0.2) is 13.1 Å². The number of anilines is 1. The molecule has 0 spiro atoms. The van der Waals surface area contributed by atoms with Crippen molar-refractivity contribution in [1.29, 1.82) is 0 Å². The molecule has 0 unspecified atom stereocenters. The molecule has 0 radical (unpaired) electrons.